The van der Waals surface area contributed by atoms with Crippen molar-refractivity contribution in [1.29, 1.82) is 0 Å². The summed E-state index contributed by atoms with van der Waals surface area (Å²) in [5.74, 6) is 2.99. The highest BCUT2D eigenvalue weighted by Crippen LogP contribution is 2.27. The largest absolute Gasteiger partial charge is 0.487 e. The van der Waals surface area contributed by atoms with Crippen molar-refractivity contribution in [3.05, 3.63) is 91.0 Å². The number of nitrogens with zero attached hydrogens (tertiary/aromatic N) is 4. The van der Waals surface area contributed by atoms with E-state index in [0.717, 1.165) is 22.4 Å². The Kier molecular flexibility index (Phi) is 6.07. The van der Waals surface area contributed by atoms with Gasteiger partial charge in [-0.2, -0.15) is 0 Å². The van der Waals surface area contributed by atoms with E-state index in [2.05, 4.69) is 33.9 Å². The predicted octanol–water partition coefficient (Wildman–Crippen LogP) is 4.99. The number of pyridine rings is 1. The number of rotatable bonds is 9. The Labute approximate surface area is 173 Å². The fraction of sp³-hybridized carbons (Fsp3) is 0.136. The van der Waals surface area contributed by atoms with Gasteiger partial charge in [0.05, 0.1) is 12.0 Å². The van der Waals surface area contributed by atoms with E-state index in [9.17, 15) is 0 Å². The van der Waals surface area contributed by atoms with E-state index >= 15 is 0 Å². The number of hydrogen-bond acceptors (Lipinski definition) is 6. The van der Waals surface area contributed by atoms with Gasteiger partial charge in [-0.3, -0.25) is 9.55 Å². The first-order chi connectivity index (χ1) is 14.3. The molecule has 0 saturated heterocycles. The van der Waals surface area contributed by atoms with Gasteiger partial charge in [-0.25, -0.2) is 0 Å². The first kappa shape index (κ1) is 19.0. The van der Waals surface area contributed by atoms with Crippen LogP contribution in [0.2, 0.25) is 0 Å². The minimum atomic E-state index is 0.454. The average molecular weight is 404 g/mol. The summed E-state index contributed by atoms with van der Waals surface area (Å²) in [6.07, 6.45) is 5.22. The third-order valence-electron chi connectivity index (χ3n) is 4.17. The molecule has 0 spiro atoms. The molecular formula is C22H20N4O2S. The predicted molar refractivity (Wildman–Crippen MR) is 112 cm³/mol. The second-order valence-electron chi connectivity index (χ2n) is 6.23. The molecule has 4 aromatic rings. The Balaban J connectivity index is 1.38. The van der Waals surface area contributed by atoms with Gasteiger partial charge in [0.15, 0.2) is 10.9 Å². The summed E-state index contributed by atoms with van der Waals surface area (Å²) >= 11 is 1.62. The molecule has 7 heteroatoms. The van der Waals surface area contributed by atoms with Crippen LogP contribution in [0.5, 0.6) is 5.75 Å². The van der Waals surface area contributed by atoms with Crippen LogP contribution in [-0.2, 0) is 18.9 Å². The monoisotopic (exact) mass is 404 g/mol. The molecule has 0 aliphatic carbocycles. The zero-order chi connectivity index (χ0) is 19.9. The molecule has 0 amide bonds. The number of furan rings is 1. The van der Waals surface area contributed by atoms with E-state index in [4.69, 9.17) is 9.15 Å². The molecule has 0 aliphatic rings. The second-order valence-corrected chi connectivity index (χ2v) is 7.17. The third kappa shape index (κ3) is 4.75. The summed E-state index contributed by atoms with van der Waals surface area (Å²) in [7, 11) is 0. The standard InChI is InChI=1S/C22H20N4O2S/c1-2-13-26-21(20-7-5-14-27-20)24-25-22(26)29-16-17-8-10-19(11-9-17)28-15-18-6-3-4-12-23-18/h2-12,14H,1,13,15-16H2. The highest BCUT2D eigenvalue weighted by molar-refractivity contribution is 7.98. The maximum atomic E-state index is 5.79. The molecule has 146 valence electrons. The van der Waals surface area contributed by atoms with E-state index in [1.54, 1.807) is 24.2 Å². The molecule has 3 aromatic heterocycles. The number of benzene rings is 1. The van der Waals surface area contributed by atoms with Crippen molar-refractivity contribution in [1.82, 2.24) is 19.7 Å². The van der Waals surface area contributed by atoms with Crippen LogP contribution in [0.3, 0.4) is 0 Å². The van der Waals surface area contributed by atoms with Crippen LogP contribution < -0.4 is 4.74 Å². The SMILES string of the molecule is C=CCn1c(SCc2ccc(OCc3ccccn3)cc2)nnc1-c1ccco1. The molecule has 0 atom stereocenters. The molecule has 0 radical (unpaired) electrons. The lowest BCUT2D eigenvalue weighted by molar-refractivity contribution is 0.301. The molecule has 3 heterocycles. The number of ether oxygens (including phenoxy) is 1. The molecule has 0 aliphatic heterocycles. The zero-order valence-electron chi connectivity index (χ0n) is 15.8. The molecule has 4 rings (SSSR count). The topological polar surface area (TPSA) is 66.0 Å². The Morgan fingerprint density at radius 3 is 2.69 bits per heavy atom. The maximum absolute atomic E-state index is 5.79. The fourth-order valence-electron chi connectivity index (χ4n) is 2.75. The smallest absolute Gasteiger partial charge is 0.200 e. The first-order valence-electron chi connectivity index (χ1n) is 9.16. The van der Waals surface area contributed by atoms with Crippen LogP contribution in [0.15, 0.2) is 89.3 Å². The number of thioether (sulfide) groups is 1. The normalized spacial score (nSPS) is 10.8. The van der Waals surface area contributed by atoms with Gasteiger partial charge in [-0.15, -0.1) is 16.8 Å². The molecule has 0 N–H and O–H groups in total. The Morgan fingerprint density at radius 1 is 1.07 bits per heavy atom. The Morgan fingerprint density at radius 2 is 1.97 bits per heavy atom. The molecule has 6 nitrogen and oxygen atoms in total. The van der Waals surface area contributed by atoms with Crippen LogP contribution in [0.4, 0.5) is 0 Å². The van der Waals surface area contributed by atoms with Gasteiger partial charge in [0.1, 0.15) is 12.4 Å². The number of hydrogen-bond donors (Lipinski definition) is 0. The minimum Gasteiger partial charge on any atom is -0.487 e. The van der Waals surface area contributed by atoms with E-state index in [1.165, 1.54) is 5.56 Å². The van der Waals surface area contributed by atoms with Crippen LogP contribution in [0, 0.1) is 0 Å². The highest BCUT2D eigenvalue weighted by atomic mass is 32.2. The van der Waals surface area contributed by atoms with E-state index < -0.39 is 0 Å². The molecule has 1 aromatic carbocycles. The van der Waals surface area contributed by atoms with E-state index in [-0.39, 0.29) is 0 Å². The van der Waals surface area contributed by atoms with Gasteiger partial charge < -0.3 is 9.15 Å². The molecule has 0 unspecified atom stereocenters. The van der Waals surface area contributed by atoms with Crippen LogP contribution in [0.25, 0.3) is 11.6 Å². The number of aromatic nitrogens is 4. The Bertz CT molecular complexity index is 1040. The van der Waals surface area contributed by atoms with Gasteiger partial charge in [0.2, 0.25) is 5.82 Å². The second kappa shape index (κ2) is 9.25. The summed E-state index contributed by atoms with van der Waals surface area (Å²) in [5.41, 5.74) is 2.08. The van der Waals surface area contributed by atoms with Gasteiger partial charge in [-0.05, 0) is 42.0 Å². The highest BCUT2D eigenvalue weighted by Gasteiger charge is 2.15. The van der Waals surface area contributed by atoms with Gasteiger partial charge in [0, 0.05) is 18.5 Å². The fourth-order valence-corrected chi connectivity index (χ4v) is 3.65. The van der Waals surface area contributed by atoms with Crippen LogP contribution >= 0.6 is 11.8 Å². The van der Waals surface area contributed by atoms with Crippen molar-refractivity contribution in [2.24, 2.45) is 0 Å². The molecule has 0 bridgehead atoms. The van der Waals surface area contributed by atoms with Crippen LogP contribution in [-0.4, -0.2) is 19.7 Å². The molecule has 0 fully saturated rings. The molecular weight excluding hydrogens is 384 g/mol. The van der Waals surface area contributed by atoms with Crippen molar-refractivity contribution in [2.45, 2.75) is 24.1 Å². The lowest BCUT2D eigenvalue weighted by Gasteiger charge is -2.08. The van der Waals surface area contributed by atoms with Crippen molar-refractivity contribution in [3.8, 4) is 17.3 Å². The third-order valence-corrected chi connectivity index (χ3v) is 5.21. The Hall–Kier alpha value is -3.32. The van der Waals surface area contributed by atoms with E-state index in [0.29, 0.717) is 24.7 Å². The van der Waals surface area contributed by atoms with Crippen molar-refractivity contribution in [3.63, 3.8) is 0 Å². The minimum absolute atomic E-state index is 0.454. The number of allylic oxidation sites excluding steroid dienone is 1. The van der Waals surface area contributed by atoms with Gasteiger partial charge in [0.25, 0.3) is 0 Å². The lowest BCUT2D eigenvalue weighted by Crippen LogP contribution is -2.00. The lowest BCUT2D eigenvalue weighted by atomic mass is 10.2. The van der Waals surface area contributed by atoms with Crippen molar-refractivity contribution >= 4 is 11.8 Å². The zero-order valence-corrected chi connectivity index (χ0v) is 16.6. The van der Waals surface area contributed by atoms with Crippen LogP contribution in [0.1, 0.15) is 11.3 Å². The summed E-state index contributed by atoms with van der Waals surface area (Å²) in [5, 5.41) is 9.43. The maximum Gasteiger partial charge on any atom is 0.200 e. The quantitative estimate of drug-likeness (QED) is 0.289. The molecule has 29 heavy (non-hydrogen) atoms. The summed E-state index contributed by atoms with van der Waals surface area (Å²) in [4.78, 5) is 4.26. The summed E-state index contributed by atoms with van der Waals surface area (Å²) in [6, 6.07) is 17.6. The van der Waals surface area contributed by atoms with Crippen molar-refractivity contribution < 1.29 is 9.15 Å². The average Bonchev–Trinajstić information content (AvgIpc) is 3.43. The summed E-state index contributed by atoms with van der Waals surface area (Å²) < 4.78 is 13.3. The van der Waals surface area contributed by atoms with Gasteiger partial charge >= 0.3 is 0 Å². The molecule has 0 saturated carbocycles. The van der Waals surface area contributed by atoms with Crippen molar-refractivity contribution in [2.75, 3.05) is 0 Å². The van der Waals surface area contributed by atoms with E-state index in [1.807, 2.05) is 53.1 Å². The van der Waals surface area contributed by atoms with Gasteiger partial charge in [-0.1, -0.05) is 36.0 Å². The first-order valence-corrected chi connectivity index (χ1v) is 10.1. The summed E-state index contributed by atoms with van der Waals surface area (Å²) in [6.45, 7) is 4.90.